The minimum absolute atomic E-state index is 0.153. The predicted molar refractivity (Wildman–Crippen MR) is 102 cm³/mol. The average molecular weight is 409 g/mol. The first-order chi connectivity index (χ1) is 12.0. The monoisotopic (exact) mass is 408 g/mol. The molecule has 0 aliphatic carbocycles. The molecule has 0 heterocycles. The molecule has 0 rings (SSSR count). The van der Waals surface area contributed by atoms with Gasteiger partial charge in [0.1, 0.15) is 0 Å². The van der Waals surface area contributed by atoms with Crippen LogP contribution >= 0.6 is 0 Å². The minimum Gasteiger partial charge on any atom is -0.341 e. The molecule has 10 heteroatoms. The van der Waals surface area contributed by atoms with E-state index in [4.69, 9.17) is 0 Å². The first kappa shape index (κ1) is 24.3. The van der Waals surface area contributed by atoms with Crippen molar-refractivity contribution in [3.63, 3.8) is 0 Å². The molecular formula is C16H28N2O6S2. The summed E-state index contributed by atoms with van der Waals surface area (Å²) in [5.74, 6) is -1.25. The number of nitrogens with zero attached hydrogens (tertiary/aromatic N) is 2. The van der Waals surface area contributed by atoms with E-state index in [0.717, 1.165) is 10.8 Å². The van der Waals surface area contributed by atoms with Crippen LogP contribution in [0.15, 0.2) is 24.0 Å². The Morgan fingerprint density at radius 2 is 1.08 bits per heavy atom. The van der Waals surface area contributed by atoms with E-state index in [-0.39, 0.29) is 49.3 Å². The second kappa shape index (κ2) is 11.1. The van der Waals surface area contributed by atoms with Gasteiger partial charge in [0.2, 0.25) is 11.8 Å². The Kier molecular flexibility index (Phi) is 10.4. The summed E-state index contributed by atoms with van der Waals surface area (Å²) in [6.45, 7) is 11.2. The van der Waals surface area contributed by atoms with Gasteiger partial charge in [0.15, 0.2) is 19.7 Å². The minimum atomic E-state index is -3.44. The van der Waals surface area contributed by atoms with Crippen molar-refractivity contribution in [3.8, 4) is 0 Å². The van der Waals surface area contributed by atoms with Crippen LogP contribution in [0.3, 0.4) is 0 Å². The van der Waals surface area contributed by atoms with Gasteiger partial charge in [-0.15, -0.1) is 0 Å². The van der Waals surface area contributed by atoms with Crippen molar-refractivity contribution in [2.45, 2.75) is 26.7 Å². The highest BCUT2D eigenvalue weighted by Gasteiger charge is 2.19. The van der Waals surface area contributed by atoms with E-state index < -0.39 is 19.7 Å². The van der Waals surface area contributed by atoms with Crippen LogP contribution in [0.2, 0.25) is 0 Å². The van der Waals surface area contributed by atoms with E-state index >= 15 is 0 Å². The zero-order valence-corrected chi connectivity index (χ0v) is 17.0. The van der Waals surface area contributed by atoms with Crippen molar-refractivity contribution in [3.05, 3.63) is 24.0 Å². The van der Waals surface area contributed by atoms with Gasteiger partial charge in [0.05, 0.1) is 11.5 Å². The van der Waals surface area contributed by atoms with Crippen LogP contribution in [0.4, 0.5) is 0 Å². The molecule has 0 radical (unpaired) electrons. The fraction of sp³-hybridized carbons (Fsp3) is 0.625. The Bertz CT molecular complexity index is 651. The van der Waals surface area contributed by atoms with Gasteiger partial charge in [-0.05, 0) is 13.8 Å². The van der Waals surface area contributed by atoms with Crippen LogP contribution in [0.1, 0.15) is 26.7 Å². The summed E-state index contributed by atoms with van der Waals surface area (Å²) in [4.78, 5) is 27.2. The molecule has 2 amide bonds. The summed E-state index contributed by atoms with van der Waals surface area (Å²) in [6, 6.07) is 0. The summed E-state index contributed by atoms with van der Waals surface area (Å²) < 4.78 is 45.6. The van der Waals surface area contributed by atoms with Gasteiger partial charge in [0.25, 0.3) is 0 Å². The highest BCUT2D eigenvalue weighted by atomic mass is 32.2. The van der Waals surface area contributed by atoms with E-state index in [1.54, 1.807) is 13.8 Å². The molecule has 0 atom stereocenters. The molecular weight excluding hydrogens is 380 g/mol. The van der Waals surface area contributed by atoms with Crippen molar-refractivity contribution in [1.29, 1.82) is 0 Å². The van der Waals surface area contributed by atoms with Gasteiger partial charge in [-0.3, -0.25) is 9.59 Å². The van der Waals surface area contributed by atoms with E-state index in [1.165, 1.54) is 9.80 Å². The van der Waals surface area contributed by atoms with E-state index in [0.29, 0.717) is 13.1 Å². The first-order valence-electron chi connectivity index (χ1n) is 8.27. The summed E-state index contributed by atoms with van der Waals surface area (Å²) in [5.41, 5.74) is 0. The first-order valence-corrected chi connectivity index (χ1v) is 11.7. The zero-order valence-electron chi connectivity index (χ0n) is 15.4. The third-order valence-electron chi connectivity index (χ3n) is 3.82. The molecule has 0 N–H and O–H groups in total. The smallest absolute Gasteiger partial charge is 0.223 e. The average Bonchev–Trinajstić information content (AvgIpc) is 2.61. The number of likely N-dealkylation sites (N-methyl/N-ethyl adjacent to an activating group) is 2. The largest absolute Gasteiger partial charge is 0.341 e. The molecule has 150 valence electrons. The lowest BCUT2D eigenvalue weighted by Gasteiger charge is -2.26. The Morgan fingerprint density at radius 1 is 0.769 bits per heavy atom. The summed E-state index contributed by atoms with van der Waals surface area (Å²) in [7, 11) is -6.89. The Labute approximate surface area is 156 Å². The molecule has 0 aromatic rings. The number of rotatable bonds is 13. The van der Waals surface area contributed by atoms with Crippen LogP contribution in [0.25, 0.3) is 0 Å². The van der Waals surface area contributed by atoms with Crippen molar-refractivity contribution in [1.82, 2.24) is 9.80 Å². The number of hydrogen-bond acceptors (Lipinski definition) is 6. The maximum Gasteiger partial charge on any atom is 0.223 e. The van der Waals surface area contributed by atoms with Crippen molar-refractivity contribution >= 4 is 31.5 Å². The SMILES string of the molecule is C=CS(=O)(=O)CCC(=O)N(CC)CCN(CC)C(=O)CCS(=O)(=O)C=C. The molecule has 0 fully saturated rings. The number of hydrogen-bond donors (Lipinski definition) is 0. The topological polar surface area (TPSA) is 109 Å². The standard InChI is InChI=1S/C16H28N2O6S2/c1-5-17(15(19)9-13-25(21,22)7-3)11-12-18(6-2)16(20)10-14-26(23,24)8-4/h7-8H,3-6,9-14H2,1-2H3. The van der Waals surface area contributed by atoms with Crippen molar-refractivity contribution in [2.24, 2.45) is 0 Å². The molecule has 0 bridgehead atoms. The molecule has 26 heavy (non-hydrogen) atoms. The van der Waals surface area contributed by atoms with Crippen LogP contribution < -0.4 is 0 Å². The fourth-order valence-corrected chi connectivity index (χ4v) is 3.35. The van der Waals surface area contributed by atoms with E-state index in [2.05, 4.69) is 13.2 Å². The second-order valence-corrected chi connectivity index (χ2v) is 9.65. The quantitative estimate of drug-likeness (QED) is 0.441. The zero-order chi connectivity index (χ0) is 20.4. The molecule has 8 nitrogen and oxygen atoms in total. The summed E-state index contributed by atoms with van der Waals surface area (Å²) >= 11 is 0. The van der Waals surface area contributed by atoms with Gasteiger partial charge in [-0.2, -0.15) is 0 Å². The third-order valence-corrected chi connectivity index (χ3v) is 6.38. The lowest BCUT2D eigenvalue weighted by Crippen LogP contribution is -2.41. The van der Waals surface area contributed by atoms with Crippen LogP contribution in [0, 0.1) is 0 Å². The van der Waals surface area contributed by atoms with Gasteiger partial charge < -0.3 is 9.80 Å². The number of sulfone groups is 2. The number of amides is 2. The Morgan fingerprint density at radius 3 is 1.31 bits per heavy atom. The van der Waals surface area contributed by atoms with Crippen molar-refractivity contribution < 1.29 is 26.4 Å². The molecule has 0 saturated carbocycles. The summed E-state index contributed by atoms with van der Waals surface area (Å²) in [6.07, 6.45) is -0.306. The van der Waals surface area contributed by atoms with Crippen LogP contribution in [-0.4, -0.2) is 76.1 Å². The molecule has 0 saturated heterocycles. The van der Waals surface area contributed by atoms with Gasteiger partial charge in [-0.25, -0.2) is 16.8 Å². The lowest BCUT2D eigenvalue weighted by atomic mass is 10.3. The Hall–Kier alpha value is -1.68. The predicted octanol–water partition coefficient (Wildman–Crippen LogP) is 0.580. The molecule has 0 aliphatic heterocycles. The van der Waals surface area contributed by atoms with Crippen LogP contribution in [-0.2, 0) is 29.3 Å². The maximum absolute atomic E-state index is 12.1. The molecule has 0 spiro atoms. The van der Waals surface area contributed by atoms with Gasteiger partial charge >= 0.3 is 0 Å². The number of carbonyl (C=O) groups excluding carboxylic acids is 2. The van der Waals surface area contributed by atoms with Gasteiger partial charge in [-0.1, -0.05) is 13.2 Å². The lowest BCUT2D eigenvalue weighted by molar-refractivity contribution is -0.134. The molecule has 0 aromatic heterocycles. The fourth-order valence-electron chi connectivity index (χ4n) is 2.10. The summed E-state index contributed by atoms with van der Waals surface area (Å²) in [5, 5.41) is 1.65. The third kappa shape index (κ3) is 9.14. The van der Waals surface area contributed by atoms with E-state index in [1.807, 2.05) is 0 Å². The maximum atomic E-state index is 12.1. The molecule has 0 unspecified atom stereocenters. The number of carbonyl (C=O) groups is 2. The normalized spacial score (nSPS) is 11.6. The molecule has 0 aromatic carbocycles. The Balaban J connectivity index is 4.66. The van der Waals surface area contributed by atoms with Crippen LogP contribution in [0.5, 0.6) is 0 Å². The highest BCUT2D eigenvalue weighted by molar-refractivity contribution is 7.94. The highest BCUT2D eigenvalue weighted by Crippen LogP contribution is 2.03. The van der Waals surface area contributed by atoms with Crippen molar-refractivity contribution in [2.75, 3.05) is 37.7 Å². The second-order valence-electron chi connectivity index (χ2n) is 5.51. The van der Waals surface area contributed by atoms with Gasteiger partial charge in [0, 0.05) is 49.8 Å². The van der Waals surface area contributed by atoms with E-state index in [9.17, 15) is 26.4 Å². The molecule has 0 aliphatic rings.